The molecule has 28 heavy (non-hydrogen) atoms. The van der Waals surface area contributed by atoms with Crippen LogP contribution < -0.4 is 5.32 Å². The van der Waals surface area contributed by atoms with Crippen molar-refractivity contribution >= 4 is 40.9 Å². The molecule has 3 aromatic carbocycles. The number of hydrogen-bond acceptors (Lipinski definition) is 3. The molecule has 1 aliphatic heterocycles. The SMILES string of the molecule is O=C1CN(Cc2ccccc2Sc2ccc(Cl)cc2)C(=O)c2ccccc2N1. The van der Waals surface area contributed by atoms with Gasteiger partial charge in [-0.2, -0.15) is 0 Å². The van der Waals surface area contributed by atoms with Crippen molar-refractivity contribution in [2.24, 2.45) is 0 Å². The van der Waals surface area contributed by atoms with Gasteiger partial charge in [0.2, 0.25) is 5.91 Å². The second kappa shape index (κ2) is 8.09. The van der Waals surface area contributed by atoms with Gasteiger partial charge in [-0.15, -0.1) is 0 Å². The summed E-state index contributed by atoms with van der Waals surface area (Å²) in [4.78, 5) is 29.0. The smallest absolute Gasteiger partial charge is 0.256 e. The number of amides is 2. The highest BCUT2D eigenvalue weighted by Crippen LogP contribution is 2.32. The molecule has 1 aliphatic rings. The van der Waals surface area contributed by atoms with Crippen molar-refractivity contribution in [2.45, 2.75) is 16.3 Å². The summed E-state index contributed by atoms with van der Waals surface area (Å²) in [5.74, 6) is -0.346. The zero-order chi connectivity index (χ0) is 19.5. The molecule has 1 N–H and O–H groups in total. The predicted molar refractivity (Wildman–Crippen MR) is 112 cm³/mol. The van der Waals surface area contributed by atoms with Crippen LogP contribution >= 0.6 is 23.4 Å². The van der Waals surface area contributed by atoms with Crippen LogP contribution in [0, 0.1) is 0 Å². The summed E-state index contributed by atoms with van der Waals surface area (Å²) >= 11 is 7.58. The Morgan fingerprint density at radius 2 is 1.64 bits per heavy atom. The number of anilines is 1. The van der Waals surface area contributed by atoms with Crippen LogP contribution in [-0.4, -0.2) is 23.3 Å². The number of fused-ring (bicyclic) bond motifs is 1. The third-order valence-electron chi connectivity index (χ3n) is 4.43. The van der Waals surface area contributed by atoms with Crippen molar-refractivity contribution in [3.8, 4) is 0 Å². The fourth-order valence-corrected chi connectivity index (χ4v) is 4.14. The lowest BCUT2D eigenvalue weighted by Gasteiger charge is -2.21. The molecule has 4 rings (SSSR count). The summed E-state index contributed by atoms with van der Waals surface area (Å²) in [6.45, 7) is 0.380. The van der Waals surface area contributed by atoms with Gasteiger partial charge in [0.05, 0.1) is 11.3 Å². The largest absolute Gasteiger partial charge is 0.325 e. The molecule has 0 atom stereocenters. The Morgan fingerprint density at radius 1 is 0.929 bits per heavy atom. The van der Waals surface area contributed by atoms with Gasteiger partial charge in [-0.25, -0.2) is 0 Å². The number of nitrogens with one attached hydrogen (secondary N) is 1. The van der Waals surface area contributed by atoms with Crippen LogP contribution in [0.5, 0.6) is 0 Å². The Bertz CT molecular complexity index is 1040. The molecule has 0 spiro atoms. The Kier molecular flexibility index (Phi) is 5.37. The van der Waals surface area contributed by atoms with Crippen molar-refractivity contribution in [3.05, 3.63) is 88.9 Å². The lowest BCUT2D eigenvalue weighted by Crippen LogP contribution is -2.34. The number of halogens is 1. The maximum Gasteiger partial charge on any atom is 0.256 e. The summed E-state index contributed by atoms with van der Waals surface area (Å²) in [6, 6.07) is 22.6. The van der Waals surface area contributed by atoms with Crippen molar-refractivity contribution in [1.29, 1.82) is 0 Å². The predicted octanol–water partition coefficient (Wildman–Crippen LogP) is 5.09. The van der Waals surface area contributed by atoms with E-state index in [1.807, 2.05) is 48.5 Å². The number of para-hydroxylation sites is 1. The number of nitrogens with zero attached hydrogens (tertiary/aromatic N) is 1. The maximum absolute atomic E-state index is 13.0. The van der Waals surface area contributed by atoms with Gasteiger partial charge in [0.15, 0.2) is 0 Å². The van der Waals surface area contributed by atoms with Gasteiger partial charge in [-0.1, -0.05) is 53.7 Å². The fourth-order valence-electron chi connectivity index (χ4n) is 3.08. The fraction of sp³-hybridized carbons (Fsp3) is 0.0909. The average molecular weight is 409 g/mol. The van der Waals surface area contributed by atoms with Gasteiger partial charge in [-0.3, -0.25) is 9.59 Å². The molecule has 0 radical (unpaired) electrons. The molecule has 0 bridgehead atoms. The second-order valence-corrected chi connectivity index (χ2v) is 7.97. The topological polar surface area (TPSA) is 49.4 Å². The van der Waals surface area contributed by atoms with Crippen molar-refractivity contribution < 1.29 is 9.59 Å². The van der Waals surface area contributed by atoms with Crippen molar-refractivity contribution in [1.82, 2.24) is 4.90 Å². The molecule has 0 saturated heterocycles. The normalized spacial score (nSPS) is 13.7. The quantitative estimate of drug-likeness (QED) is 0.654. The van der Waals surface area contributed by atoms with Gasteiger partial charge in [0.1, 0.15) is 6.54 Å². The summed E-state index contributed by atoms with van der Waals surface area (Å²) < 4.78 is 0. The average Bonchev–Trinajstić information content (AvgIpc) is 2.81. The molecule has 0 aliphatic carbocycles. The van der Waals surface area contributed by atoms with Gasteiger partial charge in [-0.05, 0) is 48.0 Å². The van der Waals surface area contributed by atoms with Gasteiger partial charge >= 0.3 is 0 Å². The van der Waals surface area contributed by atoms with E-state index in [9.17, 15) is 9.59 Å². The molecule has 1 heterocycles. The molecule has 2 amide bonds. The highest BCUT2D eigenvalue weighted by atomic mass is 35.5. The van der Waals surface area contributed by atoms with Crippen LogP contribution in [0.3, 0.4) is 0 Å². The van der Waals surface area contributed by atoms with Crippen LogP contribution in [0.4, 0.5) is 5.69 Å². The monoisotopic (exact) mass is 408 g/mol. The van der Waals surface area contributed by atoms with E-state index >= 15 is 0 Å². The molecule has 0 fully saturated rings. The molecule has 3 aromatic rings. The number of hydrogen-bond donors (Lipinski definition) is 1. The Hall–Kier alpha value is -2.76. The first-order valence-electron chi connectivity index (χ1n) is 8.79. The molecule has 0 aromatic heterocycles. The molecule has 140 valence electrons. The zero-order valence-electron chi connectivity index (χ0n) is 14.9. The summed E-state index contributed by atoms with van der Waals surface area (Å²) in [7, 11) is 0. The number of carbonyl (C=O) groups excluding carboxylic acids is 2. The van der Waals surface area contributed by atoms with Crippen LogP contribution in [0.15, 0.2) is 82.6 Å². The Labute approximate surface area is 172 Å². The van der Waals surface area contributed by atoms with Crippen LogP contribution in [-0.2, 0) is 11.3 Å². The minimum Gasteiger partial charge on any atom is -0.325 e. The minimum absolute atomic E-state index is 0.0213. The van der Waals surface area contributed by atoms with E-state index in [2.05, 4.69) is 5.32 Å². The highest BCUT2D eigenvalue weighted by Gasteiger charge is 2.26. The zero-order valence-corrected chi connectivity index (χ0v) is 16.5. The van der Waals surface area contributed by atoms with Crippen LogP contribution in [0.1, 0.15) is 15.9 Å². The third-order valence-corrected chi connectivity index (χ3v) is 5.81. The first kappa shape index (κ1) is 18.6. The van der Waals surface area contributed by atoms with Gasteiger partial charge in [0, 0.05) is 21.4 Å². The Balaban J connectivity index is 1.61. The standard InChI is InChI=1S/C22H17ClN2O2S/c23-16-9-11-17(12-10-16)28-20-8-4-1-5-15(20)13-25-14-21(26)24-19-7-3-2-6-18(19)22(25)27/h1-12H,13-14H2,(H,24,26). The van der Waals surface area contributed by atoms with E-state index in [4.69, 9.17) is 11.6 Å². The number of carbonyl (C=O) groups is 2. The van der Waals surface area contributed by atoms with Crippen molar-refractivity contribution in [2.75, 3.05) is 11.9 Å². The lowest BCUT2D eigenvalue weighted by atomic mass is 10.1. The molecule has 4 nitrogen and oxygen atoms in total. The van der Waals surface area contributed by atoms with Crippen LogP contribution in [0.25, 0.3) is 0 Å². The molecular formula is C22H17ClN2O2S. The van der Waals surface area contributed by atoms with E-state index < -0.39 is 0 Å². The van der Waals surface area contributed by atoms with E-state index in [0.717, 1.165) is 15.4 Å². The summed E-state index contributed by atoms with van der Waals surface area (Å²) in [5.41, 5.74) is 2.06. The number of benzene rings is 3. The molecular weight excluding hydrogens is 392 g/mol. The molecule has 0 unspecified atom stereocenters. The van der Waals surface area contributed by atoms with Crippen molar-refractivity contribution in [3.63, 3.8) is 0 Å². The summed E-state index contributed by atoms with van der Waals surface area (Å²) in [5, 5.41) is 3.50. The minimum atomic E-state index is -0.193. The lowest BCUT2D eigenvalue weighted by molar-refractivity contribution is -0.116. The van der Waals surface area contributed by atoms with E-state index in [1.165, 1.54) is 0 Å². The van der Waals surface area contributed by atoms with Crippen LogP contribution in [0.2, 0.25) is 5.02 Å². The van der Waals surface area contributed by atoms with Gasteiger partial charge in [0.25, 0.3) is 5.91 Å². The second-order valence-electron chi connectivity index (χ2n) is 6.42. The van der Waals surface area contributed by atoms with E-state index in [-0.39, 0.29) is 18.4 Å². The molecule has 0 saturated carbocycles. The Morgan fingerprint density at radius 3 is 2.46 bits per heavy atom. The third kappa shape index (κ3) is 4.06. The van der Waals surface area contributed by atoms with E-state index in [1.54, 1.807) is 40.9 Å². The first-order chi connectivity index (χ1) is 13.6. The maximum atomic E-state index is 13.0. The van der Waals surface area contributed by atoms with E-state index in [0.29, 0.717) is 22.8 Å². The summed E-state index contributed by atoms with van der Waals surface area (Å²) in [6.07, 6.45) is 0. The number of rotatable bonds is 4. The molecule has 6 heteroatoms. The van der Waals surface area contributed by atoms with Gasteiger partial charge < -0.3 is 10.2 Å². The first-order valence-corrected chi connectivity index (χ1v) is 9.99. The highest BCUT2D eigenvalue weighted by molar-refractivity contribution is 7.99.